The second-order valence-corrected chi connectivity index (χ2v) is 8.77. The van der Waals surface area contributed by atoms with Gasteiger partial charge in [-0.3, -0.25) is 14.9 Å². The van der Waals surface area contributed by atoms with Gasteiger partial charge in [-0.25, -0.2) is 4.79 Å². The summed E-state index contributed by atoms with van der Waals surface area (Å²) in [7, 11) is 0. The second kappa shape index (κ2) is 11.6. The number of carbonyl (C=O) groups is 3. The van der Waals surface area contributed by atoms with Crippen LogP contribution in [0.1, 0.15) is 31.0 Å². The van der Waals surface area contributed by atoms with Crippen LogP contribution < -0.4 is 16.4 Å². The van der Waals surface area contributed by atoms with E-state index in [0.717, 1.165) is 6.42 Å². The van der Waals surface area contributed by atoms with Crippen LogP contribution in [-0.2, 0) is 29.0 Å². The Morgan fingerprint density at radius 2 is 2.07 bits per heavy atom. The number of nitrogens with two attached hydrogens (primary N) is 1. The fourth-order valence-corrected chi connectivity index (χ4v) is 3.96. The third-order valence-electron chi connectivity index (χ3n) is 3.76. The van der Waals surface area contributed by atoms with Crippen molar-refractivity contribution in [2.75, 3.05) is 12.3 Å². The van der Waals surface area contributed by atoms with Gasteiger partial charge in [0.15, 0.2) is 5.16 Å². The number of aryl methyl sites for hydroxylation is 1. The molecule has 0 saturated heterocycles. The van der Waals surface area contributed by atoms with Gasteiger partial charge in [-0.1, -0.05) is 31.7 Å². The second-order valence-electron chi connectivity index (χ2n) is 6.79. The van der Waals surface area contributed by atoms with Gasteiger partial charge in [-0.2, -0.15) is 0 Å². The van der Waals surface area contributed by atoms with Gasteiger partial charge >= 0.3 is 6.03 Å². The van der Waals surface area contributed by atoms with Crippen LogP contribution in [0.4, 0.5) is 4.79 Å². The SMILES string of the molecule is CC(C)Cn1c(CCC(N)=O)nnc1SCC(=O)NC(=O)NCCc1cccs1. The van der Waals surface area contributed by atoms with E-state index in [0.29, 0.717) is 36.4 Å². The van der Waals surface area contributed by atoms with Gasteiger partial charge in [0.25, 0.3) is 0 Å². The molecule has 0 aliphatic carbocycles. The number of primary amides is 1. The van der Waals surface area contributed by atoms with Crippen LogP contribution in [0.5, 0.6) is 0 Å². The highest BCUT2D eigenvalue weighted by atomic mass is 32.2. The zero-order valence-corrected chi connectivity index (χ0v) is 18.1. The van der Waals surface area contributed by atoms with Gasteiger partial charge < -0.3 is 15.6 Å². The molecule has 0 radical (unpaired) electrons. The Kier molecular flexibility index (Phi) is 9.13. The lowest BCUT2D eigenvalue weighted by molar-refractivity contribution is -0.118. The first-order chi connectivity index (χ1) is 13.8. The molecule has 0 aliphatic rings. The fourth-order valence-electron chi connectivity index (χ4n) is 2.49. The Morgan fingerprint density at radius 1 is 1.28 bits per heavy atom. The highest BCUT2D eigenvalue weighted by Gasteiger charge is 2.16. The molecular formula is C18H26N6O3S2. The van der Waals surface area contributed by atoms with Crippen LogP contribution in [-0.4, -0.2) is 44.9 Å². The van der Waals surface area contributed by atoms with Crippen LogP contribution in [0.15, 0.2) is 22.7 Å². The normalized spacial score (nSPS) is 10.9. The standard InChI is InChI=1S/C18H26N6O3S2/c1-12(2)10-24-15(6-5-14(19)25)22-23-18(24)29-11-16(26)21-17(27)20-8-7-13-4-3-9-28-13/h3-4,9,12H,5-8,10-11H2,1-2H3,(H2,19,25)(H2,20,21,26,27). The topological polar surface area (TPSA) is 132 Å². The molecule has 29 heavy (non-hydrogen) atoms. The van der Waals surface area contributed by atoms with Crippen LogP contribution in [0.3, 0.4) is 0 Å². The summed E-state index contributed by atoms with van der Waals surface area (Å²) in [6.07, 6.45) is 1.31. The number of thiophene rings is 1. The summed E-state index contributed by atoms with van der Waals surface area (Å²) in [4.78, 5) is 36.1. The van der Waals surface area contributed by atoms with Crippen molar-refractivity contribution in [1.82, 2.24) is 25.4 Å². The van der Waals surface area contributed by atoms with E-state index in [1.807, 2.05) is 22.1 Å². The van der Waals surface area contributed by atoms with Crippen molar-refractivity contribution >= 4 is 40.9 Å². The van der Waals surface area contributed by atoms with E-state index in [4.69, 9.17) is 5.73 Å². The Labute approximate surface area is 177 Å². The highest BCUT2D eigenvalue weighted by Crippen LogP contribution is 2.19. The van der Waals surface area contributed by atoms with Gasteiger partial charge in [0, 0.05) is 30.8 Å². The Morgan fingerprint density at radius 3 is 2.72 bits per heavy atom. The number of urea groups is 1. The molecule has 2 aromatic rings. The fraction of sp³-hybridized carbons (Fsp3) is 0.500. The molecule has 4 amide bonds. The number of rotatable bonds is 11. The van der Waals surface area contributed by atoms with Crippen LogP contribution in [0.2, 0.25) is 0 Å². The largest absolute Gasteiger partial charge is 0.370 e. The summed E-state index contributed by atoms with van der Waals surface area (Å²) >= 11 is 2.82. The minimum Gasteiger partial charge on any atom is -0.370 e. The molecule has 0 spiro atoms. The molecule has 2 heterocycles. The van der Waals surface area contributed by atoms with Crippen molar-refractivity contribution in [2.45, 2.75) is 44.8 Å². The van der Waals surface area contributed by atoms with E-state index in [-0.39, 0.29) is 12.2 Å². The summed E-state index contributed by atoms with van der Waals surface area (Å²) in [5.41, 5.74) is 5.21. The molecular weight excluding hydrogens is 412 g/mol. The maximum absolute atomic E-state index is 12.1. The molecule has 0 fully saturated rings. The van der Waals surface area contributed by atoms with E-state index in [1.165, 1.54) is 16.6 Å². The number of hydrogen-bond donors (Lipinski definition) is 3. The van der Waals surface area contributed by atoms with Crippen molar-refractivity contribution in [3.05, 3.63) is 28.2 Å². The molecule has 4 N–H and O–H groups in total. The lowest BCUT2D eigenvalue weighted by Gasteiger charge is -2.12. The average molecular weight is 439 g/mol. The molecule has 2 aromatic heterocycles. The summed E-state index contributed by atoms with van der Waals surface area (Å²) < 4.78 is 1.90. The predicted molar refractivity (Wildman–Crippen MR) is 113 cm³/mol. The summed E-state index contributed by atoms with van der Waals surface area (Å²) in [5, 5.41) is 15.8. The van der Waals surface area contributed by atoms with Crippen molar-refractivity contribution in [3.8, 4) is 0 Å². The molecule has 0 aromatic carbocycles. The van der Waals surface area contributed by atoms with Gasteiger partial charge in [0.05, 0.1) is 5.75 Å². The Hall–Kier alpha value is -2.40. The highest BCUT2D eigenvalue weighted by molar-refractivity contribution is 7.99. The van der Waals surface area contributed by atoms with Gasteiger partial charge in [0.2, 0.25) is 11.8 Å². The Bertz CT molecular complexity index is 820. The quantitative estimate of drug-likeness (QED) is 0.456. The number of aromatic nitrogens is 3. The number of thioether (sulfide) groups is 1. The number of nitrogens with one attached hydrogen (secondary N) is 2. The summed E-state index contributed by atoms with van der Waals surface area (Å²) in [6, 6.07) is 3.44. The third kappa shape index (κ3) is 8.24. The molecule has 158 valence electrons. The molecule has 11 heteroatoms. The van der Waals surface area contributed by atoms with E-state index in [1.54, 1.807) is 11.3 Å². The van der Waals surface area contributed by atoms with Crippen LogP contribution >= 0.6 is 23.1 Å². The summed E-state index contributed by atoms with van der Waals surface area (Å²) in [5.74, 6) is 0.209. The minimum absolute atomic E-state index is 0.0321. The minimum atomic E-state index is -0.516. The zero-order valence-electron chi connectivity index (χ0n) is 16.5. The van der Waals surface area contributed by atoms with Gasteiger partial charge in [0.1, 0.15) is 5.82 Å². The lowest BCUT2D eigenvalue weighted by atomic mass is 10.2. The molecule has 9 nitrogen and oxygen atoms in total. The van der Waals surface area contributed by atoms with Gasteiger partial charge in [-0.15, -0.1) is 21.5 Å². The van der Waals surface area contributed by atoms with E-state index < -0.39 is 17.8 Å². The number of carbonyl (C=O) groups excluding carboxylic acids is 3. The Balaban J connectivity index is 1.81. The maximum Gasteiger partial charge on any atom is 0.321 e. The predicted octanol–water partition coefficient (Wildman–Crippen LogP) is 1.57. The number of nitrogens with zero attached hydrogens (tertiary/aromatic N) is 3. The first kappa shape index (κ1) is 22.9. The van der Waals surface area contributed by atoms with Crippen LogP contribution in [0.25, 0.3) is 0 Å². The molecule has 2 rings (SSSR count). The third-order valence-corrected chi connectivity index (χ3v) is 5.66. The maximum atomic E-state index is 12.1. The van der Waals surface area contributed by atoms with Crippen molar-refractivity contribution in [3.63, 3.8) is 0 Å². The molecule has 0 aliphatic heterocycles. The molecule has 0 unspecified atom stereocenters. The lowest BCUT2D eigenvalue weighted by Crippen LogP contribution is -2.41. The number of imide groups is 1. The van der Waals surface area contributed by atoms with Crippen molar-refractivity contribution < 1.29 is 14.4 Å². The average Bonchev–Trinajstić information content (AvgIpc) is 3.28. The van der Waals surface area contributed by atoms with E-state index in [9.17, 15) is 14.4 Å². The van der Waals surface area contributed by atoms with E-state index >= 15 is 0 Å². The molecule has 0 atom stereocenters. The van der Waals surface area contributed by atoms with Crippen LogP contribution in [0, 0.1) is 5.92 Å². The molecule has 0 saturated carbocycles. The van der Waals surface area contributed by atoms with E-state index in [2.05, 4.69) is 34.7 Å². The van der Waals surface area contributed by atoms with Crippen molar-refractivity contribution in [1.29, 1.82) is 0 Å². The monoisotopic (exact) mass is 438 g/mol. The van der Waals surface area contributed by atoms with Crippen molar-refractivity contribution in [2.24, 2.45) is 11.7 Å². The number of amides is 4. The summed E-state index contributed by atoms with van der Waals surface area (Å²) in [6.45, 7) is 5.23. The number of hydrogen-bond acceptors (Lipinski definition) is 7. The molecule has 0 bridgehead atoms. The smallest absolute Gasteiger partial charge is 0.321 e. The zero-order chi connectivity index (χ0) is 21.2. The first-order valence-corrected chi connectivity index (χ1v) is 11.1. The van der Waals surface area contributed by atoms with Gasteiger partial charge in [-0.05, 0) is 23.8 Å². The first-order valence-electron chi connectivity index (χ1n) is 9.28.